The summed E-state index contributed by atoms with van der Waals surface area (Å²) in [6.45, 7) is 4.22. The van der Waals surface area contributed by atoms with Gasteiger partial charge in [0, 0.05) is 6.04 Å². The average molecular weight is 219 g/mol. The van der Waals surface area contributed by atoms with Crippen LogP contribution in [0.1, 0.15) is 30.9 Å². The maximum absolute atomic E-state index is 6.05. The molecule has 16 heavy (non-hydrogen) atoms. The Kier molecular flexibility index (Phi) is 2.94. The fraction of sp³-hybridized carbons (Fsp3) is 0.571. The molecule has 1 saturated carbocycles. The lowest BCUT2D eigenvalue weighted by atomic mass is 9.90. The van der Waals surface area contributed by atoms with Crippen LogP contribution in [0.3, 0.4) is 0 Å². The summed E-state index contributed by atoms with van der Waals surface area (Å²) in [4.78, 5) is 0. The Morgan fingerprint density at radius 2 is 2.12 bits per heavy atom. The van der Waals surface area contributed by atoms with Crippen LogP contribution in [0.4, 0.5) is 0 Å². The minimum Gasteiger partial charge on any atom is -0.496 e. The van der Waals surface area contributed by atoms with E-state index < -0.39 is 0 Å². The van der Waals surface area contributed by atoms with E-state index >= 15 is 0 Å². The predicted molar refractivity (Wildman–Crippen MR) is 66.8 cm³/mol. The molecule has 1 aromatic rings. The molecule has 1 fully saturated rings. The summed E-state index contributed by atoms with van der Waals surface area (Å²) in [6, 6.07) is 6.74. The van der Waals surface area contributed by atoms with E-state index in [-0.39, 0.29) is 0 Å². The van der Waals surface area contributed by atoms with Gasteiger partial charge in [-0.15, -0.1) is 0 Å². The van der Waals surface area contributed by atoms with Crippen molar-refractivity contribution < 1.29 is 4.74 Å². The van der Waals surface area contributed by atoms with Crippen LogP contribution in [0.25, 0.3) is 0 Å². The molecule has 0 aliphatic heterocycles. The Hall–Kier alpha value is -1.02. The Morgan fingerprint density at radius 1 is 1.44 bits per heavy atom. The second-order valence-corrected chi connectivity index (χ2v) is 5.13. The molecule has 0 spiro atoms. The third-order valence-electron chi connectivity index (χ3n) is 3.87. The monoisotopic (exact) mass is 219 g/mol. The van der Waals surface area contributed by atoms with E-state index in [4.69, 9.17) is 10.5 Å². The highest BCUT2D eigenvalue weighted by atomic mass is 16.5. The van der Waals surface area contributed by atoms with Gasteiger partial charge in [0.15, 0.2) is 0 Å². The molecule has 1 atom stereocenters. The SMILES string of the molecule is COc1ccc(CC2(C(C)N)CC2)cc1C. The molecule has 2 N–H and O–H groups in total. The summed E-state index contributed by atoms with van der Waals surface area (Å²) >= 11 is 0. The molecule has 88 valence electrons. The number of benzene rings is 1. The summed E-state index contributed by atoms with van der Waals surface area (Å²) in [5.74, 6) is 0.967. The molecule has 1 aliphatic carbocycles. The van der Waals surface area contributed by atoms with Crippen LogP contribution in [-0.4, -0.2) is 13.2 Å². The van der Waals surface area contributed by atoms with Crippen molar-refractivity contribution in [3.63, 3.8) is 0 Å². The molecule has 2 nitrogen and oxygen atoms in total. The van der Waals surface area contributed by atoms with Gasteiger partial charge in [0.1, 0.15) is 5.75 Å². The van der Waals surface area contributed by atoms with Crippen LogP contribution in [0, 0.1) is 12.3 Å². The second kappa shape index (κ2) is 4.10. The Balaban J connectivity index is 2.14. The highest BCUT2D eigenvalue weighted by Gasteiger charge is 2.45. The lowest BCUT2D eigenvalue weighted by Gasteiger charge is -2.20. The molecule has 0 heterocycles. The van der Waals surface area contributed by atoms with Crippen LogP contribution in [0.15, 0.2) is 18.2 Å². The second-order valence-electron chi connectivity index (χ2n) is 5.13. The molecule has 0 bridgehead atoms. The first kappa shape index (κ1) is 11.5. The lowest BCUT2D eigenvalue weighted by molar-refractivity contribution is 0.408. The number of hydrogen-bond acceptors (Lipinski definition) is 2. The van der Waals surface area contributed by atoms with Crippen molar-refractivity contribution in [3.05, 3.63) is 29.3 Å². The maximum atomic E-state index is 6.05. The van der Waals surface area contributed by atoms with Crippen molar-refractivity contribution in [3.8, 4) is 5.75 Å². The van der Waals surface area contributed by atoms with Gasteiger partial charge in [-0.3, -0.25) is 0 Å². The molecule has 1 unspecified atom stereocenters. The fourth-order valence-electron chi connectivity index (χ4n) is 2.41. The van der Waals surface area contributed by atoms with Crippen molar-refractivity contribution >= 4 is 0 Å². The van der Waals surface area contributed by atoms with E-state index in [1.807, 2.05) is 0 Å². The van der Waals surface area contributed by atoms with Crippen molar-refractivity contribution in [2.45, 2.75) is 39.2 Å². The summed E-state index contributed by atoms with van der Waals surface area (Å²) in [5.41, 5.74) is 9.02. The molecule has 0 aromatic heterocycles. The van der Waals surface area contributed by atoms with Gasteiger partial charge >= 0.3 is 0 Å². The molecular weight excluding hydrogens is 198 g/mol. The van der Waals surface area contributed by atoms with Gasteiger partial charge in [0.2, 0.25) is 0 Å². The van der Waals surface area contributed by atoms with E-state index in [0.29, 0.717) is 11.5 Å². The van der Waals surface area contributed by atoms with Crippen LogP contribution in [0.5, 0.6) is 5.75 Å². The van der Waals surface area contributed by atoms with E-state index in [0.717, 1.165) is 12.2 Å². The number of hydrogen-bond donors (Lipinski definition) is 1. The third-order valence-corrected chi connectivity index (χ3v) is 3.87. The fourth-order valence-corrected chi connectivity index (χ4v) is 2.41. The lowest BCUT2D eigenvalue weighted by Crippen LogP contribution is -2.29. The first-order valence-corrected chi connectivity index (χ1v) is 5.96. The van der Waals surface area contributed by atoms with Gasteiger partial charge < -0.3 is 10.5 Å². The maximum Gasteiger partial charge on any atom is 0.121 e. The molecule has 2 heteroatoms. The minimum absolute atomic E-state index is 0.301. The van der Waals surface area contributed by atoms with Crippen LogP contribution in [-0.2, 0) is 6.42 Å². The topological polar surface area (TPSA) is 35.2 Å². The molecule has 1 aromatic carbocycles. The molecule has 0 radical (unpaired) electrons. The number of aryl methyl sites for hydroxylation is 1. The van der Waals surface area contributed by atoms with Gasteiger partial charge in [-0.1, -0.05) is 12.1 Å². The van der Waals surface area contributed by atoms with Gasteiger partial charge in [-0.2, -0.15) is 0 Å². The van der Waals surface area contributed by atoms with Crippen molar-refractivity contribution in [2.75, 3.05) is 7.11 Å². The van der Waals surface area contributed by atoms with Crippen molar-refractivity contribution in [2.24, 2.45) is 11.1 Å². The van der Waals surface area contributed by atoms with Gasteiger partial charge in [-0.05, 0) is 55.7 Å². The predicted octanol–water partition coefficient (Wildman–Crippen LogP) is 2.67. The van der Waals surface area contributed by atoms with Gasteiger partial charge in [0.05, 0.1) is 7.11 Å². The summed E-state index contributed by atoms with van der Waals surface area (Å²) in [7, 11) is 1.71. The van der Waals surface area contributed by atoms with Crippen LogP contribution >= 0.6 is 0 Å². The standard InChI is InChI=1S/C14H21NO/c1-10-8-12(4-5-13(10)16-3)9-14(6-7-14)11(2)15/h4-5,8,11H,6-7,9,15H2,1-3H3. The molecule has 2 rings (SSSR count). The quantitative estimate of drug-likeness (QED) is 0.845. The van der Waals surface area contributed by atoms with E-state index in [1.165, 1.54) is 24.0 Å². The molecule has 1 aliphatic rings. The van der Waals surface area contributed by atoms with Gasteiger partial charge in [0.25, 0.3) is 0 Å². The van der Waals surface area contributed by atoms with E-state index in [9.17, 15) is 0 Å². The summed E-state index contributed by atoms with van der Waals surface area (Å²) < 4.78 is 5.27. The Morgan fingerprint density at radius 3 is 2.56 bits per heavy atom. The zero-order chi connectivity index (χ0) is 11.8. The summed E-state index contributed by atoms with van der Waals surface area (Å²) in [6.07, 6.45) is 3.65. The Bertz CT molecular complexity index is 380. The molecule has 0 amide bonds. The first-order chi connectivity index (χ1) is 7.57. The molecule has 0 saturated heterocycles. The molecular formula is C14H21NO. The largest absolute Gasteiger partial charge is 0.496 e. The number of ether oxygens (including phenoxy) is 1. The average Bonchev–Trinajstić information content (AvgIpc) is 2.99. The Labute approximate surface area is 97.8 Å². The smallest absolute Gasteiger partial charge is 0.121 e. The zero-order valence-electron chi connectivity index (χ0n) is 10.4. The van der Waals surface area contributed by atoms with Crippen LogP contribution in [0.2, 0.25) is 0 Å². The first-order valence-electron chi connectivity index (χ1n) is 5.96. The number of nitrogens with two attached hydrogens (primary N) is 1. The number of rotatable bonds is 4. The van der Waals surface area contributed by atoms with Crippen molar-refractivity contribution in [1.82, 2.24) is 0 Å². The van der Waals surface area contributed by atoms with Crippen molar-refractivity contribution in [1.29, 1.82) is 0 Å². The minimum atomic E-state index is 0.301. The van der Waals surface area contributed by atoms with E-state index in [2.05, 4.69) is 32.0 Å². The summed E-state index contributed by atoms with van der Waals surface area (Å²) in [5, 5.41) is 0. The van der Waals surface area contributed by atoms with Crippen LogP contribution < -0.4 is 10.5 Å². The zero-order valence-corrected chi connectivity index (χ0v) is 10.4. The highest BCUT2D eigenvalue weighted by molar-refractivity contribution is 5.37. The van der Waals surface area contributed by atoms with Gasteiger partial charge in [-0.25, -0.2) is 0 Å². The highest BCUT2D eigenvalue weighted by Crippen LogP contribution is 2.50. The van der Waals surface area contributed by atoms with E-state index in [1.54, 1.807) is 7.11 Å². The number of methoxy groups -OCH3 is 1. The normalized spacial score (nSPS) is 19.2. The third kappa shape index (κ3) is 2.07.